The van der Waals surface area contributed by atoms with Crippen molar-refractivity contribution in [2.24, 2.45) is 0 Å². The summed E-state index contributed by atoms with van der Waals surface area (Å²) in [5.74, 6) is 2.53. The highest BCUT2D eigenvalue weighted by atomic mass is 16.7. The molecule has 0 fully saturated rings. The van der Waals surface area contributed by atoms with E-state index in [1.165, 1.54) is 7.11 Å². The highest BCUT2D eigenvalue weighted by Crippen LogP contribution is 2.36. The van der Waals surface area contributed by atoms with Crippen LogP contribution in [0.3, 0.4) is 0 Å². The highest BCUT2D eigenvalue weighted by Gasteiger charge is 2.16. The molecule has 5 aromatic rings. The fourth-order valence-corrected chi connectivity index (χ4v) is 5.11. The van der Waals surface area contributed by atoms with Crippen LogP contribution in [0.5, 0.6) is 23.0 Å². The maximum atomic E-state index is 11.9. The second kappa shape index (κ2) is 13.2. The number of carbonyl (C=O) groups excluding carboxylic acids is 1. The molecular weight excluding hydrogens is 540 g/mol. The molecule has 0 spiro atoms. The number of carbonyl (C=O) groups is 1. The van der Waals surface area contributed by atoms with Crippen LogP contribution in [0.1, 0.15) is 27.8 Å². The summed E-state index contributed by atoms with van der Waals surface area (Å²) in [4.78, 5) is 11.9. The van der Waals surface area contributed by atoms with Crippen molar-refractivity contribution in [1.29, 1.82) is 0 Å². The average molecular weight is 573 g/mol. The SMILES string of the molecule is COC(=O)COc1ccc2cc(C=CCc3ccc4c(c3)OCO4)c(OCc3ccccc3)cc2c1Cc1ccccc1. The molecule has 0 saturated heterocycles. The lowest BCUT2D eigenvalue weighted by atomic mass is 9.95. The van der Waals surface area contributed by atoms with Gasteiger partial charge in [0.2, 0.25) is 6.79 Å². The van der Waals surface area contributed by atoms with Crippen molar-refractivity contribution in [1.82, 2.24) is 0 Å². The molecule has 0 aliphatic carbocycles. The zero-order valence-corrected chi connectivity index (χ0v) is 24.0. The maximum absolute atomic E-state index is 11.9. The molecule has 0 N–H and O–H groups in total. The Kier molecular flexibility index (Phi) is 8.55. The van der Waals surface area contributed by atoms with Gasteiger partial charge in [-0.2, -0.15) is 0 Å². The Hall–Kier alpha value is -5.23. The molecule has 1 aliphatic heterocycles. The van der Waals surface area contributed by atoms with Crippen molar-refractivity contribution >= 4 is 22.8 Å². The number of fused-ring (bicyclic) bond motifs is 2. The smallest absolute Gasteiger partial charge is 0.343 e. The minimum atomic E-state index is -0.430. The van der Waals surface area contributed by atoms with Crippen LogP contribution in [-0.4, -0.2) is 26.5 Å². The third-order valence-electron chi connectivity index (χ3n) is 7.34. The molecule has 216 valence electrons. The van der Waals surface area contributed by atoms with Gasteiger partial charge >= 0.3 is 5.97 Å². The minimum absolute atomic E-state index is 0.165. The first-order valence-corrected chi connectivity index (χ1v) is 14.2. The van der Waals surface area contributed by atoms with Gasteiger partial charge in [-0.05, 0) is 64.2 Å². The molecule has 0 amide bonds. The molecule has 0 unspecified atom stereocenters. The van der Waals surface area contributed by atoms with Gasteiger partial charge in [-0.3, -0.25) is 0 Å². The van der Waals surface area contributed by atoms with Crippen molar-refractivity contribution in [2.45, 2.75) is 19.4 Å². The summed E-state index contributed by atoms with van der Waals surface area (Å²) in [6.07, 6.45) is 5.59. The van der Waals surface area contributed by atoms with Gasteiger partial charge in [-0.1, -0.05) is 84.9 Å². The lowest BCUT2D eigenvalue weighted by Crippen LogP contribution is -2.13. The summed E-state index contributed by atoms with van der Waals surface area (Å²) >= 11 is 0. The Morgan fingerprint density at radius 1 is 0.767 bits per heavy atom. The zero-order valence-electron chi connectivity index (χ0n) is 24.0. The van der Waals surface area contributed by atoms with E-state index in [4.69, 9.17) is 23.7 Å². The molecule has 6 nitrogen and oxygen atoms in total. The van der Waals surface area contributed by atoms with E-state index in [9.17, 15) is 4.79 Å². The predicted molar refractivity (Wildman–Crippen MR) is 167 cm³/mol. The number of rotatable bonds is 11. The highest BCUT2D eigenvalue weighted by molar-refractivity contribution is 5.92. The van der Waals surface area contributed by atoms with E-state index in [0.717, 1.165) is 62.3 Å². The van der Waals surface area contributed by atoms with Gasteiger partial charge in [-0.25, -0.2) is 4.79 Å². The predicted octanol–water partition coefficient (Wildman–Crippen LogP) is 7.55. The van der Waals surface area contributed by atoms with E-state index in [-0.39, 0.29) is 13.4 Å². The molecule has 5 aromatic carbocycles. The Morgan fingerprint density at radius 2 is 1.53 bits per heavy atom. The van der Waals surface area contributed by atoms with E-state index >= 15 is 0 Å². The third kappa shape index (κ3) is 6.81. The van der Waals surface area contributed by atoms with E-state index < -0.39 is 5.97 Å². The molecular formula is C37H32O6. The fourth-order valence-electron chi connectivity index (χ4n) is 5.11. The van der Waals surface area contributed by atoms with Crippen LogP contribution >= 0.6 is 0 Å². The van der Waals surface area contributed by atoms with Crippen molar-refractivity contribution in [2.75, 3.05) is 20.5 Å². The number of benzene rings is 5. The van der Waals surface area contributed by atoms with Crippen LogP contribution in [0.25, 0.3) is 16.8 Å². The van der Waals surface area contributed by atoms with Crippen LogP contribution in [0.4, 0.5) is 0 Å². The molecule has 0 radical (unpaired) electrons. The Bertz CT molecular complexity index is 1740. The van der Waals surface area contributed by atoms with Crippen molar-refractivity contribution < 1.29 is 28.5 Å². The number of ether oxygens (including phenoxy) is 5. The summed E-state index contributed by atoms with van der Waals surface area (Å²) in [5, 5.41) is 2.05. The normalized spacial score (nSPS) is 12.0. The van der Waals surface area contributed by atoms with E-state index in [1.54, 1.807) is 0 Å². The molecule has 0 saturated carbocycles. The molecule has 1 heterocycles. The van der Waals surface area contributed by atoms with Crippen LogP contribution in [0.15, 0.2) is 109 Å². The molecule has 6 rings (SSSR count). The molecule has 0 bridgehead atoms. The quantitative estimate of drug-likeness (QED) is 0.152. The van der Waals surface area contributed by atoms with E-state index in [1.807, 2.05) is 60.7 Å². The van der Waals surface area contributed by atoms with Gasteiger partial charge in [0.05, 0.1) is 7.11 Å². The third-order valence-corrected chi connectivity index (χ3v) is 7.34. The molecule has 43 heavy (non-hydrogen) atoms. The first-order valence-electron chi connectivity index (χ1n) is 14.2. The van der Waals surface area contributed by atoms with Gasteiger partial charge in [0.1, 0.15) is 18.1 Å². The number of hydrogen-bond donors (Lipinski definition) is 0. The monoisotopic (exact) mass is 572 g/mol. The van der Waals surface area contributed by atoms with E-state index in [2.05, 4.69) is 54.6 Å². The number of hydrogen-bond acceptors (Lipinski definition) is 6. The summed E-state index contributed by atoms with van der Waals surface area (Å²) in [5.41, 5.74) is 5.30. The first kappa shape index (κ1) is 27.9. The second-order valence-electron chi connectivity index (χ2n) is 10.2. The Balaban J connectivity index is 1.37. The number of esters is 1. The minimum Gasteiger partial charge on any atom is -0.488 e. The summed E-state index contributed by atoms with van der Waals surface area (Å²) in [6, 6.07) is 34.5. The van der Waals surface area contributed by atoms with Gasteiger partial charge < -0.3 is 23.7 Å². The largest absolute Gasteiger partial charge is 0.488 e. The number of methoxy groups -OCH3 is 1. The molecule has 6 heteroatoms. The second-order valence-corrected chi connectivity index (χ2v) is 10.2. The summed E-state index contributed by atoms with van der Waals surface area (Å²) < 4.78 is 28.2. The van der Waals surface area contributed by atoms with Crippen molar-refractivity contribution in [3.8, 4) is 23.0 Å². The fraction of sp³-hybridized carbons (Fsp3) is 0.162. The van der Waals surface area contributed by atoms with Gasteiger partial charge in [0.25, 0.3) is 0 Å². The van der Waals surface area contributed by atoms with Crippen LogP contribution in [0.2, 0.25) is 0 Å². The summed E-state index contributed by atoms with van der Waals surface area (Å²) in [7, 11) is 1.36. The van der Waals surface area contributed by atoms with Gasteiger partial charge in [0, 0.05) is 17.5 Å². The zero-order chi connectivity index (χ0) is 29.4. The number of allylic oxidation sites excluding steroid dienone is 1. The Labute approximate surface area is 251 Å². The van der Waals surface area contributed by atoms with Gasteiger partial charge in [-0.15, -0.1) is 0 Å². The van der Waals surface area contributed by atoms with Gasteiger partial charge in [0.15, 0.2) is 18.1 Å². The van der Waals surface area contributed by atoms with E-state index in [0.29, 0.717) is 18.8 Å². The van der Waals surface area contributed by atoms with Crippen LogP contribution in [-0.2, 0) is 29.0 Å². The molecule has 0 aromatic heterocycles. The average Bonchev–Trinajstić information content (AvgIpc) is 3.52. The first-order chi connectivity index (χ1) is 21.2. The van der Waals surface area contributed by atoms with Crippen molar-refractivity contribution in [3.05, 3.63) is 137 Å². The van der Waals surface area contributed by atoms with Crippen LogP contribution in [0, 0.1) is 0 Å². The molecule has 0 atom stereocenters. The van der Waals surface area contributed by atoms with Crippen molar-refractivity contribution in [3.63, 3.8) is 0 Å². The lowest BCUT2D eigenvalue weighted by molar-refractivity contribution is -0.142. The maximum Gasteiger partial charge on any atom is 0.343 e. The standard InChI is InChI=1S/C37H32O6/c1-39-37(38)24-41-33-18-16-29-21-30(14-8-13-27-15-17-34-36(20-27)43-25-42-34)35(40-23-28-11-6-3-7-12-28)22-31(29)32(33)19-26-9-4-2-5-10-26/h2-12,14-18,20-22H,13,19,23-25H2,1H3. The van der Waals surface area contributed by atoms with Crippen LogP contribution < -0.4 is 18.9 Å². The lowest BCUT2D eigenvalue weighted by Gasteiger charge is -2.17. The summed E-state index contributed by atoms with van der Waals surface area (Å²) in [6.45, 7) is 0.527. The molecule has 1 aliphatic rings. The Morgan fingerprint density at radius 3 is 2.33 bits per heavy atom. The topological polar surface area (TPSA) is 63.2 Å².